The largest absolute Gasteiger partial charge is 0.480 e. The maximum absolute atomic E-state index is 10.6. The van der Waals surface area contributed by atoms with Crippen molar-refractivity contribution in [2.24, 2.45) is 0 Å². The Kier molecular flexibility index (Phi) is 10.0. The molecule has 0 aromatic heterocycles. The van der Waals surface area contributed by atoms with Crippen LogP contribution in [0.2, 0.25) is 0 Å². The highest BCUT2D eigenvalue weighted by atomic mass is 35.5. The van der Waals surface area contributed by atoms with Gasteiger partial charge in [0.15, 0.2) is 0 Å². The number of carboxylic acid groups (broad SMARTS) is 2. The van der Waals surface area contributed by atoms with Gasteiger partial charge in [-0.15, -0.1) is 23.2 Å². The molecule has 0 unspecified atom stereocenters. The topological polar surface area (TPSA) is 81.1 Å². The minimum Gasteiger partial charge on any atom is -0.480 e. The predicted octanol–water partition coefficient (Wildman–Crippen LogP) is 0.237. The van der Waals surface area contributed by atoms with Crippen LogP contribution in [0.5, 0.6) is 0 Å². The molecule has 0 spiro atoms. The number of carboxylic acids is 2. The first-order chi connectivity index (χ1) is 8.49. The van der Waals surface area contributed by atoms with E-state index in [0.29, 0.717) is 37.9 Å². The third kappa shape index (κ3) is 9.47. The molecule has 0 saturated heterocycles. The van der Waals surface area contributed by atoms with E-state index >= 15 is 0 Å². The molecule has 0 amide bonds. The molecule has 0 aliphatic rings. The Bertz CT molecular complexity index is 240. The van der Waals surface area contributed by atoms with Crippen molar-refractivity contribution in [3.8, 4) is 0 Å². The normalized spacial score (nSPS) is 11.1. The van der Waals surface area contributed by atoms with Crippen molar-refractivity contribution in [1.82, 2.24) is 9.80 Å². The molecule has 0 aromatic carbocycles. The number of aliphatic carboxylic acids is 2. The first-order valence-corrected chi connectivity index (χ1v) is 6.56. The summed E-state index contributed by atoms with van der Waals surface area (Å²) < 4.78 is 0. The monoisotopic (exact) mass is 300 g/mol. The summed E-state index contributed by atoms with van der Waals surface area (Å²) >= 11 is 11.2. The number of halogens is 2. The van der Waals surface area contributed by atoms with Crippen LogP contribution in [-0.4, -0.2) is 83.0 Å². The molecule has 0 aliphatic carbocycles. The van der Waals surface area contributed by atoms with Gasteiger partial charge in [-0.3, -0.25) is 19.4 Å². The second-order valence-electron chi connectivity index (χ2n) is 3.72. The standard InChI is InChI=1S/C10H18Cl2N2O4/c11-1-3-13(7-9(15)16)5-6-14(4-2-12)8-10(17)18/h1-8H2,(H,15,16)(H,17,18). The van der Waals surface area contributed by atoms with Gasteiger partial charge in [-0.25, -0.2) is 0 Å². The summed E-state index contributed by atoms with van der Waals surface area (Å²) in [7, 11) is 0. The second kappa shape index (κ2) is 10.4. The Morgan fingerprint density at radius 3 is 1.33 bits per heavy atom. The maximum Gasteiger partial charge on any atom is 0.317 e. The molecule has 2 N–H and O–H groups in total. The minimum atomic E-state index is -0.928. The lowest BCUT2D eigenvalue weighted by Crippen LogP contribution is -2.41. The molecule has 6 nitrogen and oxygen atoms in total. The highest BCUT2D eigenvalue weighted by Gasteiger charge is 2.13. The van der Waals surface area contributed by atoms with E-state index in [9.17, 15) is 9.59 Å². The van der Waals surface area contributed by atoms with Crippen LogP contribution in [0, 0.1) is 0 Å². The van der Waals surface area contributed by atoms with Gasteiger partial charge in [0, 0.05) is 37.9 Å². The molecule has 0 radical (unpaired) electrons. The van der Waals surface area contributed by atoms with Gasteiger partial charge in [-0.2, -0.15) is 0 Å². The van der Waals surface area contributed by atoms with Gasteiger partial charge < -0.3 is 10.2 Å². The van der Waals surface area contributed by atoms with E-state index < -0.39 is 11.9 Å². The summed E-state index contributed by atoms with van der Waals surface area (Å²) in [6.07, 6.45) is 0. The number of rotatable bonds is 11. The Morgan fingerprint density at radius 2 is 1.11 bits per heavy atom. The summed E-state index contributed by atoms with van der Waals surface area (Å²) in [5.41, 5.74) is 0. The van der Waals surface area contributed by atoms with Gasteiger partial charge in [0.25, 0.3) is 0 Å². The third-order valence-corrected chi connectivity index (χ3v) is 2.59. The SMILES string of the molecule is O=C(O)CN(CCCl)CCN(CCCl)CC(=O)O. The summed E-state index contributed by atoms with van der Waals surface area (Å²) in [6, 6.07) is 0. The third-order valence-electron chi connectivity index (χ3n) is 2.25. The zero-order valence-corrected chi connectivity index (χ0v) is 11.5. The number of hydrogen-bond acceptors (Lipinski definition) is 4. The van der Waals surface area contributed by atoms with E-state index in [0.717, 1.165) is 0 Å². The van der Waals surface area contributed by atoms with Crippen LogP contribution in [0.3, 0.4) is 0 Å². The predicted molar refractivity (Wildman–Crippen MR) is 69.6 cm³/mol. The molecular formula is C10H18Cl2N2O4. The summed E-state index contributed by atoms with van der Waals surface area (Å²) in [5.74, 6) is -1.19. The zero-order valence-electron chi connectivity index (χ0n) is 10.0. The zero-order chi connectivity index (χ0) is 14.0. The molecule has 0 fully saturated rings. The van der Waals surface area contributed by atoms with Crippen molar-refractivity contribution < 1.29 is 19.8 Å². The molecule has 0 aromatic rings. The average Bonchev–Trinajstić information content (AvgIpc) is 2.24. The van der Waals surface area contributed by atoms with E-state index in [-0.39, 0.29) is 13.1 Å². The molecule has 0 aliphatic heterocycles. The highest BCUT2D eigenvalue weighted by molar-refractivity contribution is 6.18. The van der Waals surface area contributed by atoms with Crippen LogP contribution in [0.15, 0.2) is 0 Å². The van der Waals surface area contributed by atoms with Gasteiger partial charge in [0.05, 0.1) is 13.1 Å². The van der Waals surface area contributed by atoms with E-state index in [2.05, 4.69) is 0 Å². The number of nitrogens with zero attached hydrogens (tertiary/aromatic N) is 2. The molecule has 18 heavy (non-hydrogen) atoms. The van der Waals surface area contributed by atoms with Gasteiger partial charge in [-0.05, 0) is 0 Å². The van der Waals surface area contributed by atoms with E-state index in [1.54, 1.807) is 9.80 Å². The fraction of sp³-hybridized carbons (Fsp3) is 0.800. The summed E-state index contributed by atoms with van der Waals surface area (Å²) in [5, 5.41) is 17.4. The molecule has 0 rings (SSSR count). The summed E-state index contributed by atoms with van der Waals surface area (Å²) in [6.45, 7) is 1.60. The van der Waals surface area contributed by atoms with Gasteiger partial charge >= 0.3 is 11.9 Å². The molecule has 0 saturated carbocycles. The first-order valence-electron chi connectivity index (χ1n) is 5.49. The molecule has 8 heteroatoms. The first kappa shape index (κ1) is 17.4. The Hall–Kier alpha value is -0.560. The van der Waals surface area contributed by atoms with Crippen LogP contribution in [-0.2, 0) is 9.59 Å². The van der Waals surface area contributed by atoms with E-state index in [1.165, 1.54) is 0 Å². The number of hydrogen-bond donors (Lipinski definition) is 2. The quantitative estimate of drug-likeness (QED) is 0.532. The van der Waals surface area contributed by atoms with Crippen LogP contribution < -0.4 is 0 Å². The average molecular weight is 301 g/mol. The van der Waals surface area contributed by atoms with Crippen LogP contribution in [0.1, 0.15) is 0 Å². The number of alkyl halides is 2. The molecule has 0 bridgehead atoms. The highest BCUT2D eigenvalue weighted by Crippen LogP contribution is 1.95. The van der Waals surface area contributed by atoms with Crippen molar-refractivity contribution in [3.05, 3.63) is 0 Å². The van der Waals surface area contributed by atoms with E-state index in [4.69, 9.17) is 33.4 Å². The summed E-state index contributed by atoms with van der Waals surface area (Å²) in [4.78, 5) is 24.6. The van der Waals surface area contributed by atoms with Crippen molar-refractivity contribution >= 4 is 35.1 Å². The van der Waals surface area contributed by atoms with Crippen molar-refractivity contribution in [1.29, 1.82) is 0 Å². The van der Waals surface area contributed by atoms with Crippen molar-refractivity contribution in [2.45, 2.75) is 0 Å². The second-order valence-corrected chi connectivity index (χ2v) is 4.47. The Balaban J connectivity index is 4.16. The lowest BCUT2D eigenvalue weighted by Gasteiger charge is -2.24. The van der Waals surface area contributed by atoms with Crippen molar-refractivity contribution in [3.63, 3.8) is 0 Å². The van der Waals surface area contributed by atoms with Crippen LogP contribution >= 0.6 is 23.2 Å². The Morgan fingerprint density at radius 1 is 0.778 bits per heavy atom. The van der Waals surface area contributed by atoms with Crippen LogP contribution in [0.4, 0.5) is 0 Å². The lowest BCUT2D eigenvalue weighted by atomic mass is 10.4. The lowest BCUT2D eigenvalue weighted by molar-refractivity contribution is -0.140. The van der Waals surface area contributed by atoms with Gasteiger partial charge in [-0.1, -0.05) is 0 Å². The molecule has 106 valence electrons. The maximum atomic E-state index is 10.6. The Labute approximate surface area is 116 Å². The van der Waals surface area contributed by atoms with Gasteiger partial charge in [0.1, 0.15) is 0 Å². The van der Waals surface area contributed by atoms with Gasteiger partial charge in [0.2, 0.25) is 0 Å². The molecular weight excluding hydrogens is 283 g/mol. The molecule has 0 heterocycles. The smallest absolute Gasteiger partial charge is 0.317 e. The van der Waals surface area contributed by atoms with E-state index in [1.807, 2.05) is 0 Å². The van der Waals surface area contributed by atoms with Crippen LogP contribution in [0.25, 0.3) is 0 Å². The fourth-order valence-corrected chi connectivity index (χ4v) is 1.92. The fourth-order valence-electron chi connectivity index (χ4n) is 1.44. The molecule has 0 atom stereocenters. The van der Waals surface area contributed by atoms with Crippen molar-refractivity contribution in [2.75, 3.05) is 51.0 Å². The number of carbonyl (C=O) groups is 2. The minimum absolute atomic E-state index is 0.103.